The minimum absolute atomic E-state index is 0.0570. The normalized spacial score (nSPS) is 29.2. The van der Waals surface area contributed by atoms with Crippen LogP contribution < -0.4 is 5.32 Å². The third-order valence-corrected chi connectivity index (χ3v) is 5.84. The van der Waals surface area contributed by atoms with Crippen molar-refractivity contribution in [2.75, 3.05) is 26.2 Å². The smallest absolute Gasteiger partial charge is 0.237 e. The second-order valence-electron chi connectivity index (χ2n) is 7.45. The Bertz CT molecular complexity index is 608. The molecular formula is C19H27N3O2. The highest BCUT2D eigenvalue weighted by Gasteiger charge is 2.37. The number of hydrogen-bond acceptors (Lipinski definition) is 4. The minimum atomic E-state index is -0.386. The van der Waals surface area contributed by atoms with Crippen LogP contribution in [0.2, 0.25) is 0 Å². The Labute approximate surface area is 143 Å². The first-order chi connectivity index (χ1) is 11.6. The van der Waals surface area contributed by atoms with Gasteiger partial charge in [0.05, 0.1) is 12.1 Å². The largest absolute Gasteiger partial charge is 0.387 e. The molecule has 1 heterocycles. The second kappa shape index (κ2) is 6.47. The van der Waals surface area contributed by atoms with Gasteiger partial charge in [0, 0.05) is 38.3 Å². The number of nitrogens with zero attached hydrogens (tertiary/aromatic N) is 2. The number of amides is 1. The molecular weight excluding hydrogens is 302 g/mol. The van der Waals surface area contributed by atoms with Gasteiger partial charge in [0.25, 0.3) is 0 Å². The van der Waals surface area contributed by atoms with Crippen LogP contribution in [-0.4, -0.2) is 65.1 Å². The summed E-state index contributed by atoms with van der Waals surface area (Å²) in [6, 6.07) is 8.76. The maximum Gasteiger partial charge on any atom is 0.237 e. The Morgan fingerprint density at radius 3 is 2.58 bits per heavy atom. The molecule has 2 fully saturated rings. The number of carbonyl (C=O) groups excluding carboxylic acids is 1. The van der Waals surface area contributed by atoms with Crippen molar-refractivity contribution in [2.24, 2.45) is 0 Å². The van der Waals surface area contributed by atoms with Gasteiger partial charge in [-0.25, -0.2) is 0 Å². The van der Waals surface area contributed by atoms with Gasteiger partial charge >= 0.3 is 0 Å². The van der Waals surface area contributed by atoms with E-state index in [1.54, 1.807) is 0 Å². The third kappa shape index (κ3) is 3.08. The topological polar surface area (TPSA) is 55.8 Å². The molecule has 1 aliphatic heterocycles. The molecule has 3 atom stereocenters. The molecule has 1 amide bonds. The lowest BCUT2D eigenvalue weighted by atomic mass is 10.1. The molecule has 2 aliphatic carbocycles. The van der Waals surface area contributed by atoms with E-state index in [-0.39, 0.29) is 24.1 Å². The van der Waals surface area contributed by atoms with Crippen molar-refractivity contribution in [3.8, 4) is 0 Å². The summed E-state index contributed by atoms with van der Waals surface area (Å²) in [6.45, 7) is 5.61. The van der Waals surface area contributed by atoms with Gasteiger partial charge in [0.15, 0.2) is 0 Å². The van der Waals surface area contributed by atoms with Crippen LogP contribution in [-0.2, 0) is 11.2 Å². The molecule has 0 radical (unpaired) electrons. The molecule has 5 nitrogen and oxygen atoms in total. The monoisotopic (exact) mass is 329 g/mol. The van der Waals surface area contributed by atoms with Crippen LogP contribution in [0.15, 0.2) is 24.3 Å². The summed E-state index contributed by atoms with van der Waals surface area (Å²) in [5, 5.41) is 13.7. The minimum Gasteiger partial charge on any atom is -0.387 e. The number of aliphatic hydroxyl groups is 1. The Morgan fingerprint density at radius 1 is 1.21 bits per heavy atom. The fourth-order valence-corrected chi connectivity index (χ4v) is 4.05. The molecule has 3 aliphatic rings. The van der Waals surface area contributed by atoms with Gasteiger partial charge in [-0.3, -0.25) is 14.6 Å². The summed E-state index contributed by atoms with van der Waals surface area (Å²) in [5.74, 6) is 0.166. The van der Waals surface area contributed by atoms with E-state index < -0.39 is 0 Å². The van der Waals surface area contributed by atoms with Gasteiger partial charge in [-0.2, -0.15) is 0 Å². The average Bonchev–Trinajstić information content (AvgIpc) is 3.36. The predicted octanol–water partition coefficient (Wildman–Crippen LogP) is 0.929. The van der Waals surface area contributed by atoms with E-state index in [2.05, 4.69) is 21.2 Å². The van der Waals surface area contributed by atoms with Crippen molar-refractivity contribution in [3.05, 3.63) is 35.4 Å². The summed E-state index contributed by atoms with van der Waals surface area (Å²) < 4.78 is 0. The summed E-state index contributed by atoms with van der Waals surface area (Å²) in [5.41, 5.74) is 2.36. The van der Waals surface area contributed by atoms with Crippen molar-refractivity contribution in [1.29, 1.82) is 0 Å². The van der Waals surface area contributed by atoms with Crippen molar-refractivity contribution < 1.29 is 9.90 Å². The highest BCUT2D eigenvalue weighted by atomic mass is 16.3. The maximum absolute atomic E-state index is 12.2. The zero-order chi connectivity index (χ0) is 16.7. The van der Waals surface area contributed by atoms with Crippen LogP contribution in [0.1, 0.15) is 37.0 Å². The van der Waals surface area contributed by atoms with Gasteiger partial charge < -0.3 is 10.4 Å². The van der Waals surface area contributed by atoms with Crippen LogP contribution >= 0.6 is 0 Å². The van der Waals surface area contributed by atoms with Gasteiger partial charge in [0.1, 0.15) is 0 Å². The third-order valence-electron chi connectivity index (χ3n) is 5.84. The van der Waals surface area contributed by atoms with Gasteiger partial charge in [0.2, 0.25) is 5.91 Å². The van der Waals surface area contributed by atoms with Gasteiger partial charge in [-0.05, 0) is 37.3 Å². The summed E-state index contributed by atoms with van der Waals surface area (Å²) in [6.07, 6.45) is 2.80. The van der Waals surface area contributed by atoms with Crippen LogP contribution in [0.3, 0.4) is 0 Å². The highest BCUT2D eigenvalue weighted by Crippen LogP contribution is 2.34. The fraction of sp³-hybridized carbons (Fsp3) is 0.632. The zero-order valence-corrected chi connectivity index (χ0v) is 14.3. The summed E-state index contributed by atoms with van der Waals surface area (Å²) >= 11 is 0. The highest BCUT2D eigenvalue weighted by molar-refractivity contribution is 5.81. The van der Waals surface area contributed by atoms with E-state index in [1.165, 1.54) is 5.56 Å². The molecule has 2 N–H and O–H groups in total. The number of nitrogens with one attached hydrogen (secondary N) is 1. The number of benzene rings is 1. The van der Waals surface area contributed by atoms with Gasteiger partial charge in [-0.15, -0.1) is 0 Å². The quantitative estimate of drug-likeness (QED) is 0.863. The second-order valence-corrected chi connectivity index (χ2v) is 7.45. The lowest BCUT2D eigenvalue weighted by molar-refractivity contribution is -0.127. The van der Waals surface area contributed by atoms with Crippen molar-refractivity contribution in [2.45, 2.75) is 50.4 Å². The Hall–Kier alpha value is -1.43. The van der Waals surface area contributed by atoms with Crippen LogP contribution in [0, 0.1) is 0 Å². The Balaban J connectivity index is 1.32. The van der Waals surface area contributed by atoms with E-state index in [0.717, 1.165) is 51.0 Å². The first-order valence-electron chi connectivity index (χ1n) is 9.18. The van der Waals surface area contributed by atoms with Gasteiger partial charge in [-0.1, -0.05) is 24.3 Å². The molecule has 130 valence electrons. The first kappa shape index (κ1) is 16.1. The van der Waals surface area contributed by atoms with E-state index in [9.17, 15) is 9.90 Å². The van der Waals surface area contributed by atoms with Crippen LogP contribution in [0.5, 0.6) is 0 Å². The van der Waals surface area contributed by atoms with E-state index >= 15 is 0 Å². The number of piperazine rings is 1. The molecule has 1 saturated carbocycles. The molecule has 1 aromatic rings. The zero-order valence-electron chi connectivity index (χ0n) is 14.3. The number of hydrogen-bond donors (Lipinski definition) is 2. The Morgan fingerprint density at radius 2 is 1.92 bits per heavy atom. The molecule has 0 bridgehead atoms. The number of rotatable bonds is 4. The molecule has 0 spiro atoms. The fourth-order valence-electron chi connectivity index (χ4n) is 4.05. The van der Waals surface area contributed by atoms with Crippen LogP contribution in [0.4, 0.5) is 0 Å². The maximum atomic E-state index is 12.2. The average molecular weight is 329 g/mol. The summed E-state index contributed by atoms with van der Waals surface area (Å²) in [7, 11) is 0. The summed E-state index contributed by atoms with van der Waals surface area (Å²) in [4.78, 5) is 16.9. The lowest BCUT2D eigenvalue weighted by Gasteiger charge is -2.41. The Kier molecular flexibility index (Phi) is 4.33. The first-order valence-corrected chi connectivity index (χ1v) is 9.18. The molecule has 0 aromatic heterocycles. The van der Waals surface area contributed by atoms with Crippen molar-refractivity contribution >= 4 is 5.91 Å². The SMILES string of the molecule is CC(C(=O)NC1CC1)N1CCN(C2Cc3ccccc3C2O)CC1. The van der Waals surface area contributed by atoms with E-state index in [4.69, 9.17) is 0 Å². The molecule has 4 rings (SSSR count). The molecule has 24 heavy (non-hydrogen) atoms. The van der Waals surface area contributed by atoms with E-state index in [0.29, 0.717) is 6.04 Å². The molecule has 5 heteroatoms. The number of aliphatic hydroxyl groups excluding tert-OH is 1. The van der Waals surface area contributed by atoms with E-state index in [1.807, 2.05) is 25.1 Å². The number of fused-ring (bicyclic) bond motifs is 1. The molecule has 1 saturated heterocycles. The standard InChI is InChI=1S/C19H27N3O2/c1-13(19(24)20-15-6-7-15)21-8-10-22(11-9-21)17-12-14-4-2-3-5-16(14)18(17)23/h2-5,13,15,17-18,23H,6-12H2,1H3,(H,20,24). The van der Waals surface area contributed by atoms with Crippen molar-refractivity contribution in [1.82, 2.24) is 15.1 Å². The van der Waals surface area contributed by atoms with Crippen molar-refractivity contribution in [3.63, 3.8) is 0 Å². The van der Waals surface area contributed by atoms with Crippen LogP contribution in [0.25, 0.3) is 0 Å². The molecule has 3 unspecified atom stereocenters. The lowest BCUT2D eigenvalue weighted by Crippen LogP contribution is -2.56. The number of carbonyl (C=O) groups is 1. The predicted molar refractivity (Wildman–Crippen MR) is 92.7 cm³/mol. The molecule has 1 aromatic carbocycles.